The zero-order valence-corrected chi connectivity index (χ0v) is 14.4. The smallest absolute Gasteiger partial charge is 0.222 e. The monoisotopic (exact) mass is 353 g/mol. The molecule has 0 aromatic carbocycles. The van der Waals surface area contributed by atoms with E-state index >= 15 is 0 Å². The van der Waals surface area contributed by atoms with Crippen molar-refractivity contribution in [2.24, 2.45) is 7.05 Å². The van der Waals surface area contributed by atoms with E-state index in [9.17, 15) is 4.79 Å². The summed E-state index contributed by atoms with van der Waals surface area (Å²) in [5, 5.41) is 11.6. The summed E-state index contributed by atoms with van der Waals surface area (Å²) in [6.45, 7) is 6.95. The van der Waals surface area contributed by atoms with Crippen molar-refractivity contribution in [2.75, 3.05) is 0 Å². The van der Waals surface area contributed by atoms with E-state index in [-0.39, 0.29) is 5.91 Å². The van der Waals surface area contributed by atoms with Gasteiger partial charge in [0.05, 0.1) is 29.0 Å². The molecule has 0 unspecified atom stereocenters. The van der Waals surface area contributed by atoms with Crippen molar-refractivity contribution >= 4 is 21.8 Å². The Morgan fingerprint density at radius 2 is 2.05 bits per heavy atom. The van der Waals surface area contributed by atoms with Crippen molar-refractivity contribution in [1.82, 2.24) is 24.9 Å². The molecule has 7 heteroatoms. The minimum atomic E-state index is 0.00183. The highest BCUT2D eigenvalue weighted by Gasteiger charge is 2.10. The Bertz CT molecular complexity index is 639. The zero-order valence-electron chi connectivity index (χ0n) is 12.8. The molecule has 0 spiro atoms. The highest BCUT2D eigenvalue weighted by molar-refractivity contribution is 9.10. The standard InChI is InChI=1S/C14H20BrN5O/c1-9-7-12(18-19(9)4)8-16-13(21)5-6-20-11(3)14(15)10(2)17-20/h7H,5-6,8H2,1-4H3,(H,16,21). The first-order valence-electron chi connectivity index (χ1n) is 6.84. The molecule has 0 saturated carbocycles. The van der Waals surface area contributed by atoms with Crippen molar-refractivity contribution in [3.8, 4) is 0 Å². The Labute approximate surface area is 132 Å². The SMILES string of the molecule is Cc1nn(CCC(=O)NCc2cc(C)n(C)n2)c(C)c1Br. The topological polar surface area (TPSA) is 64.7 Å². The van der Waals surface area contributed by atoms with Crippen molar-refractivity contribution in [3.63, 3.8) is 0 Å². The van der Waals surface area contributed by atoms with Gasteiger partial charge in [0, 0.05) is 24.9 Å². The van der Waals surface area contributed by atoms with Gasteiger partial charge in [-0.15, -0.1) is 0 Å². The normalized spacial score (nSPS) is 10.9. The molecule has 2 aromatic rings. The number of nitrogens with one attached hydrogen (secondary N) is 1. The van der Waals surface area contributed by atoms with Crippen LogP contribution in [0.4, 0.5) is 0 Å². The van der Waals surface area contributed by atoms with Crippen LogP contribution < -0.4 is 5.32 Å². The third-order valence-corrected chi connectivity index (χ3v) is 4.62. The lowest BCUT2D eigenvalue weighted by Crippen LogP contribution is -2.24. The van der Waals surface area contributed by atoms with Crippen LogP contribution in [0.3, 0.4) is 0 Å². The number of hydrogen-bond acceptors (Lipinski definition) is 3. The maximum Gasteiger partial charge on any atom is 0.222 e. The van der Waals surface area contributed by atoms with Crippen LogP contribution in [0.5, 0.6) is 0 Å². The summed E-state index contributed by atoms with van der Waals surface area (Å²) in [6, 6.07) is 1.97. The summed E-state index contributed by atoms with van der Waals surface area (Å²) in [7, 11) is 1.89. The van der Waals surface area contributed by atoms with E-state index in [1.165, 1.54) is 0 Å². The lowest BCUT2D eigenvalue weighted by molar-refractivity contribution is -0.121. The van der Waals surface area contributed by atoms with Gasteiger partial charge < -0.3 is 5.32 Å². The first-order chi connectivity index (χ1) is 9.88. The molecule has 6 nitrogen and oxygen atoms in total. The zero-order chi connectivity index (χ0) is 15.6. The number of nitrogens with zero attached hydrogens (tertiary/aromatic N) is 4. The quantitative estimate of drug-likeness (QED) is 0.893. The molecular formula is C14H20BrN5O. The number of amides is 1. The van der Waals surface area contributed by atoms with Crippen LogP contribution in [0.25, 0.3) is 0 Å². The summed E-state index contributed by atoms with van der Waals surface area (Å²) in [6.07, 6.45) is 0.403. The van der Waals surface area contributed by atoms with Crippen LogP contribution in [-0.2, 0) is 24.9 Å². The molecule has 0 radical (unpaired) electrons. The molecule has 0 fully saturated rings. The van der Waals surface area contributed by atoms with Crippen LogP contribution in [0.15, 0.2) is 10.5 Å². The van der Waals surface area contributed by atoms with E-state index in [0.717, 1.165) is 27.2 Å². The van der Waals surface area contributed by atoms with Crippen molar-refractivity contribution in [1.29, 1.82) is 0 Å². The van der Waals surface area contributed by atoms with Gasteiger partial charge in [-0.05, 0) is 42.8 Å². The van der Waals surface area contributed by atoms with Crippen LogP contribution in [0, 0.1) is 20.8 Å². The molecule has 1 amide bonds. The van der Waals surface area contributed by atoms with Gasteiger partial charge >= 0.3 is 0 Å². The first-order valence-corrected chi connectivity index (χ1v) is 7.63. The summed E-state index contributed by atoms with van der Waals surface area (Å²) in [5.41, 5.74) is 3.93. The maximum absolute atomic E-state index is 11.9. The van der Waals surface area contributed by atoms with Crippen LogP contribution >= 0.6 is 15.9 Å². The molecule has 2 aromatic heterocycles. The molecule has 0 aliphatic rings. The summed E-state index contributed by atoms with van der Waals surface area (Å²) in [5.74, 6) is 0.00183. The molecule has 21 heavy (non-hydrogen) atoms. The fraction of sp³-hybridized carbons (Fsp3) is 0.500. The molecule has 0 aliphatic carbocycles. The number of aromatic nitrogens is 4. The van der Waals surface area contributed by atoms with Crippen LogP contribution in [0.2, 0.25) is 0 Å². The number of carbonyl (C=O) groups excluding carboxylic acids is 1. The van der Waals surface area contributed by atoms with Crippen molar-refractivity contribution in [3.05, 3.63) is 33.3 Å². The average molecular weight is 354 g/mol. The molecule has 114 valence electrons. The maximum atomic E-state index is 11.9. The molecule has 0 atom stereocenters. The Morgan fingerprint density at radius 1 is 1.33 bits per heavy atom. The molecule has 0 aliphatic heterocycles. The fourth-order valence-electron chi connectivity index (χ4n) is 2.10. The first kappa shape index (κ1) is 15.8. The second-order valence-electron chi connectivity index (χ2n) is 5.14. The minimum Gasteiger partial charge on any atom is -0.350 e. The predicted molar refractivity (Wildman–Crippen MR) is 83.8 cm³/mol. The Hall–Kier alpha value is -1.63. The third kappa shape index (κ3) is 3.72. The second-order valence-corrected chi connectivity index (χ2v) is 5.93. The minimum absolute atomic E-state index is 0.00183. The van der Waals surface area contributed by atoms with Gasteiger partial charge in [-0.2, -0.15) is 10.2 Å². The Kier molecular flexibility index (Phi) is 4.82. The predicted octanol–water partition coefficient (Wildman–Crippen LogP) is 2.01. The lowest BCUT2D eigenvalue weighted by atomic mass is 10.3. The largest absolute Gasteiger partial charge is 0.350 e. The van der Waals surface area contributed by atoms with Gasteiger partial charge in [0.25, 0.3) is 0 Å². The Balaban J connectivity index is 1.83. The average Bonchev–Trinajstić information content (AvgIpc) is 2.89. The Morgan fingerprint density at radius 3 is 2.57 bits per heavy atom. The fourth-order valence-corrected chi connectivity index (χ4v) is 2.38. The summed E-state index contributed by atoms with van der Waals surface area (Å²) >= 11 is 3.48. The van der Waals surface area contributed by atoms with Crippen molar-refractivity contribution in [2.45, 2.75) is 40.3 Å². The van der Waals surface area contributed by atoms with Gasteiger partial charge in [0.1, 0.15) is 0 Å². The van der Waals surface area contributed by atoms with E-state index < -0.39 is 0 Å². The lowest BCUT2D eigenvalue weighted by Gasteiger charge is -2.05. The van der Waals surface area contributed by atoms with Crippen molar-refractivity contribution < 1.29 is 4.79 Å². The van der Waals surface area contributed by atoms with Gasteiger partial charge in [0.2, 0.25) is 5.91 Å². The van der Waals surface area contributed by atoms with Gasteiger partial charge in [0.15, 0.2) is 0 Å². The summed E-state index contributed by atoms with van der Waals surface area (Å²) in [4.78, 5) is 11.9. The van der Waals surface area contributed by atoms with Gasteiger partial charge in [-0.1, -0.05) is 0 Å². The number of hydrogen-bond donors (Lipinski definition) is 1. The number of aryl methyl sites for hydroxylation is 4. The molecule has 2 rings (SSSR count). The van der Waals surface area contributed by atoms with E-state index in [1.807, 2.05) is 38.6 Å². The number of halogens is 1. The molecule has 2 heterocycles. The molecule has 0 saturated heterocycles. The summed E-state index contributed by atoms with van der Waals surface area (Å²) < 4.78 is 4.66. The van der Waals surface area contributed by atoms with Crippen LogP contribution in [-0.4, -0.2) is 25.5 Å². The highest BCUT2D eigenvalue weighted by Crippen LogP contribution is 2.19. The molecule has 0 bridgehead atoms. The second kappa shape index (κ2) is 6.43. The number of rotatable bonds is 5. The molecule has 1 N–H and O–H groups in total. The third-order valence-electron chi connectivity index (χ3n) is 3.47. The van der Waals surface area contributed by atoms with E-state index in [2.05, 4.69) is 31.4 Å². The van der Waals surface area contributed by atoms with Gasteiger partial charge in [-0.25, -0.2) is 0 Å². The highest BCUT2D eigenvalue weighted by atomic mass is 79.9. The molecular weight excluding hydrogens is 334 g/mol. The number of carbonyl (C=O) groups is 1. The van der Waals surface area contributed by atoms with E-state index in [1.54, 1.807) is 4.68 Å². The van der Waals surface area contributed by atoms with E-state index in [0.29, 0.717) is 19.5 Å². The van der Waals surface area contributed by atoms with E-state index in [4.69, 9.17) is 0 Å². The van der Waals surface area contributed by atoms with Crippen LogP contribution in [0.1, 0.15) is 29.2 Å². The van der Waals surface area contributed by atoms with Gasteiger partial charge in [-0.3, -0.25) is 14.2 Å².